The number of carbonyl (C=O) groups excluding carboxylic acids is 2. The van der Waals surface area contributed by atoms with Crippen LogP contribution in [0.5, 0.6) is 5.75 Å². The number of hydrogen-bond donors (Lipinski definition) is 2. The van der Waals surface area contributed by atoms with Crippen LogP contribution in [-0.2, 0) is 18.8 Å². The fraction of sp³-hybridized carbons (Fsp3) is 0.500. The Bertz CT molecular complexity index is 1080. The number of rotatable bonds is 11. The van der Waals surface area contributed by atoms with Gasteiger partial charge in [-0.2, -0.15) is 0 Å². The summed E-state index contributed by atoms with van der Waals surface area (Å²) < 4.78 is 37.2. The maximum Gasteiger partial charge on any atom is 0.481 e. The number of ether oxygens (including phenoxy) is 2. The van der Waals surface area contributed by atoms with Gasteiger partial charge in [-0.1, -0.05) is 11.6 Å². The zero-order valence-electron chi connectivity index (χ0n) is 21.4. The van der Waals surface area contributed by atoms with Gasteiger partial charge in [-0.15, -0.1) is 0 Å². The van der Waals surface area contributed by atoms with Crippen LogP contribution in [0, 0.1) is 5.82 Å². The largest absolute Gasteiger partial charge is 0.490 e. The van der Waals surface area contributed by atoms with Crippen molar-refractivity contribution in [3.8, 4) is 5.75 Å². The number of carbonyl (C=O) groups is 2. The number of halogens is 2. The van der Waals surface area contributed by atoms with Crippen LogP contribution in [-0.4, -0.2) is 72.4 Å². The molecule has 1 aliphatic rings. The molecule has 13 heteroatoms. The van der Waals surface area contributed by atoms with Crippen molar-refractivity contribution in [2.24, 2.45) is 0 Å². The van der Waals surface area contributed by atoms with Crippen molar-refractivity contribution in [1.82, 2.24) is 20.6 Å². The van der Waals surface area contributed by atoms with Crippen molar-refractivity contribution in [3.63, 3.8) is 0 Å². The van der Waals surface area contributed by atoms with Gasteiger partial charge in [0.05, 0.1) is 36.6 Å². The molecule has 1 aliphatic heterocycles. The third kappa shape index (κ3) is 7.38. The topological polar surface area (TPSA) is 121 Å². The molecule has 2 atom stereocenters. The smallest absolute Gasteiger partial charge is 0.481 e. The number of benzene rings is 1. The lowest BCUT2D eigenvalue weighted by Crippen LogP contribution is -2.56. The van der Waals surface area contributed by atoms with Gasteiger partial charge in [0.25, 0.3) is 5.91 Å². The summed E-state index contributed by atoms with van der Waals surface area (Å²) in [6, 6.07) is 3.05. The minimum atomic E-state index is -1.04. The maximum absolute atomic E-state index is 14.1. The van der Waals surface area contributed by atoms with E-state index in [0.29, 0.717) is 0 Å². The van der Waals surface area contributed by atoms with E-state index in [9.17, 15) is 14.0 Å². The second-order valence-corrected chi connectivity index (χ2v) is 9.96. The molecule has 1 saturated heterocycles. The average molecular weight is 537 g/mol. The van der Waals surface area contributed by atoms with E-state index < -0.39 is 47.9 Å². The van der Waals surface area contributed by atoms with E-state index in [4.69, 9.17) is 30.4 Å². The van der Waals surface area contributed by atoms with E-state index in [0.717, 1.165) is 6.07 Å². The highest BCUT2D eigenvalue weighted by Crippen LogP contribution is 2.38. The first-order chi connectivity index (χ1) is 17.4. The Morgan fingerprint density at radius 2 is 1.86 bits per heavy atom. The van der Waals surface area contributed by atoms with Crippen LogP contribution in [0.15, 0.2) is 36.8 Å². The van der Waals surface area contributed by atoms with Gasteiger partial charge < -0.3 is 29.4 Å². The molecule has 2 unspecified atom stereocenters. The minimum Gasteiger partial charge on any atom is -0.490 e. The lowest BCUT2D eigenvalue weighted by molar-refractivity contribution is -0.124. The molecule has 3 rings (SSSR count). The highest BCUT2D eigenvalue weighted by Gasteiger charge is 2.54. The third-order valence-corrected chi connectivity index (χ3v) is 6.49. The van der Waals surface area contributed by atoms with E-state index >= 15 is 0 Å². The molecule has 1 aromatic heterocycles. The van der Waals surface area contributed by atoms with E-state index in [1.165, 1.54) is 37.8 Å². The number of hydrogen-bond acceptors (Lipinski definition) is 8. The Morgan fingerprint density at radius 1 is 1.16 bits per heavy atom. The van der Waals surface area contributed by atoms with E-state index in [1.54, 1.807) is 0 Å². The third-order valence-electron chi connectivity index (χ3n) is 6.26. The summed E-state index contributed by atoms with van der Waals surface area (Å²) in [7, 11) is 0.584. The predicted molar refractivity (Wildman–Crippen MR) is 135 cm³/mol. The number of aromatic nitrogens is 2. The highest BCUT2D eigenvalue weighted by atomic mass is 35.5. The summed E-state index contributed by atoms with van der Waals surface area (Å²) in [5, 5.41) is 5.73. The van der Waals surface area contributed by atoms with Gasteiger partial charge in [-0.3, -0.25) is 14.6 Å². The van der Waals surface area contributed by atoms with Gasteiger partial charge in [-0.05, 0) is 45.9 Å². The first-order valence-electron chi connectivity index (χ1n) is 11.7. The molecule has 2 amide bonds. The molecule has 200 valence electrons. The average Bonchev–Trinajstić information content (AvgIpc) is 3.06. The first kappa shape index (κ1) is 28.8. The van der Waals surface area contributed by atoms with Crippen LogP contribution in [0.2, 0.25) is 5.02 Å². The Labute approximate surface area is 220 Å². The molecule has 0 spiro atoms. The number of methoxy groups -OCH3 is 1. The quantitative estimate of drug-likeness (QED) is 0.421. The van der Waals surface area contributed by atoms with Crippen molar-refractivity contribution >= 4 is 30.5 Å². The highest BCUT2D eigenvalue weighted by molar-refractivity contribution is 6.48. The molecule has 2 aromatic rings. The molecule has 37 heavy (non-hydrogen) atoms. The summed E-state index contributed by atoms with van der Waals surface area (Å²) in [6.07, 6.45) is 4.31. The fourth-order valence-corrected chi connectivity index (χ4v) is 3.66. The van der Waals surface area contributed by atoms with Crippen molar-refractivity contribution in [3.05, 3.63) is 53.3 Å². The zero-order chi connectivity index (χ0) is 27.2. The van der Waals surface area contributed by atoms with Crippen molar-refractivity contribution in [2.45, 2.75) is 57.3 Å². The number of nitrogens with one attached hydrogen (secondary N) is 2. The molecular formula is C24H31BClFN4O6. The number of nitrogens with zero attached hydrogens (tertiary/aromatic N) is 2. The first-order valence-corrected chi connectivity index (χ1v) is 12.1. The Balaban J connectivity index is 1.73. The normalized spacial score (nSPS) is 17.6. The van der Waals surface area contributed by atoms with Crippen molar-refractivity contribution in [2.75, 3.05) is 20.3 Å². The monoisotopic (exact) mass is 536 g/mol. The lowest BCUT2D eigenvalue weighted by atomic mass is 9.76. The van der Waals surface area contributed by atoms with Gasteiger partial charge in [0.15, 0.2) is 11.6 Å². The molecule has 1 fully saturated rings. The number of amides is 2. The Hall–Kier alpha value is -2.80. The molecule has 1 aromatic carbocycles. The van der Waals surface area contributed by atoms with Crippen LogP contribution >= 0.6 is 11.6 Å². The van der Waals surface area contributed by atoms with E-state index in [1.807, 2.05) is 27.7 Å². The lowest BCUT2D eigenvalue weighted by Gasteiger charge is -2.32. The summed E-state index contributed by atoms with van der Waals surface area (Å²) in [6.45, 7) is 7.50. The van der Waals surface area contributed by atoms with Crippen molar-refractivity contribution in [1.29, 1.82) is 0 Å². The van der Waals surface area contributed by atoms with Crippen LogP contribution in [0.4, 0.5) is 4.39 Å². The molecule has 0 aliphatic carbocycles. The molecule has 10 nitrogen and oxygen atoms in total. The van der Waals surface area contributed by atoms with Gasteiger partial charge in [0.1, 0.15) is 11.7 Å². The second-order valence-electron chi connectivity index (χ2n) is 9.52. The summed E-state index contributed by atoms with van der Waals surface area (Å²) in [5.41, 5.74) is -1.26. The van der Waals surface area contributed by atoms with Gasteiger partial charge >= 0.3 is 7.12 Å². The second kappa shape index (κ2) is 12.2. The van der Waals surface area contributed by atoms with Crippen LogP contribution in [0.25, 0.3) is 0 Å². The standard InChI is InChI=1S/C24H31BClFN4O6/c1-23(2)24(3,4)37-25(36-23)20(8-11-35-19-7-6-15(26)12-16(19)27)31-22(33)18(14-34-5)30-21(32)17-13-28-9-10-29-17/h6-7,9-10,12-13,18,20H,8,11,14H2,1-5H3,(H,30,32)(H,31,33). The van der Waals surface area contributed by atoms with Crippen LogP contribution < -0.4 is 15.4 Å². The summed E-state index contributed by atoms with van der Waals surface area (Å²) >= 11 is 5.81. The molecule has 2 heterocycles. The zero-order valence-corrected chi connectivity index (χ0v) is 22.2. The van der Waals surface area contributed by atoms with E-state index in [2.05, 4.69) is 20.6 Å². The van der Waals surface area contributed by atoms with Gasteiger partial charge in [0, 0.05) is 30.9 Å². The molecular weight excluding hydrogens is 506 g/mol. The molecule has 0 saturated carbocycles. The fourth-order valence-electron chi connectivity index (χ4n) is 3.50. The molecule has 2 N–H and O–H groups in total. The maximum atomic E-state index is 14.1. The summed E-state index contributed by atoms with van der Waals surface area (Å²) in [5.74, 6) is -2.39. The van der Waals surface area contributed by atoms with E-state index in [-0.39, 0.29) is 36.1 Å². The predicted octanol–water partition coefficient (Wildman–Crippen LogP) is 2.60. The van der Waals surface area contributed by atoms with Gasteiger partial charge in [0.2, 0.25) is 5.91 Å². The van der Waals surface area contributed by atoms with Gasteiger partial charge in [-0.25, -0.2) is 9.37 Å². The minimum absolute atomic E-state index is 0.0249. The van der Waals surface area contributed by atoms with Crippen LogP contribution in [0.3, 0.4) is 0 Å². The molecule has 0 radical (unpaired) electrons. The molecule has 0 bridgehead atoms. The van der Waals surface area contributed by atoms with Crippen LogP contribution in [0.1, 0.15) is 44.6 Å². The van der Waals surface area contributed by atoms with Crippen molar-refractivity contribution < 1.29 is 32.8 Å². The summed E-state index contributed by atoms with van der Waals surface area (Å²) in [4.78, 5) is 33.6. The SMILES string of the molecule is COCC(NC(=O)c1cnccn1)C(=O)NC(CCOc1ccc(Cl)cc1F)B1OC(C)(C)C(C)(C)O1. The Kier molecular flexibility index (Phi) is 9.46. The Morgan fingerprint density at radius 3 is 2.46 bits per heavy atom.